The van der Waals surface area contributed by atoms with E-state index in [1.54, 1.807) is 0 Å². The minimum absolute atomic E-state index is 0.0317. The van der Waals surface area contributed by atoms with Crippen molar-refractivity contribution in [3.05, 3.63) is 0 Å². The zero-order valence-electron chi connectivity index (χ0n) is 11.2. The third kappa shape index (κ3) is 1.21. The average molecular weight is 222 g/mol. The van der Waals surface area contributed by atoms with Crippen LogP contribution >= 0.6 is 0 Å². The molecule has 0 saturated heterocycles. The van der Waals surface area contributed by atoms with Gasteiger partial charge in [0.1, 0.15) is 0 Å². The summed E-state index contributed by atoms with van der Waals surface area (Å²) in [6, 6.07) is 0. The lowest BCUT2D eigenvalue weighted by atomic mass is 9.67. The van der Waals surface area contributed by atoms with E-state index in [2.05, 4.69) is 27.7 Å². The Labute approximate surface area is 99.6 Å². The number of aliphatic hydroxyl groups excluding tert-OH is 1. The van der Waals surface area contributed by atoms with Crippen LogP contribution in [0.1, 0.15) is 59.8 Å². The van der Waals surface area contributed by atoms with Gasteiger partial charge in [0.25, 0.3) is 0 Å². The summed E-state index contributed by atoms with van der Waals surface area (Å²) in [6.45, 7) is 9.73. The van der Waals surface area contributed by atoms with Crippen LogP contribution in [0.15, 0.2) is 0 Å². The monoisotopic (exact) mass is 222 g/mol. The summed E-state index contributed by atoms with van der Waals surface area (Å²) < 4.78 is 0. The SMILES string of the molecule is CC1(C)CCC2(C)CCC(O)C3(C)CC3C12. The van der Waals surface area contributed by atoms with E-state index < -0.39 is 0 Å². The second-order valence-electron chi connectivity index (χ2n) is 7.99. The van der Waals surface area contributed by atoms with E-state index in [4.69, 9.17) is 0 Å². The minimum Gasteiger partial charge on any atom is -0.393 e. The predicted octanol–water partition coefficient (Wildman–Crippen LogP) is 3.61. The molecule has 0 aromatic rings. The van der Waals surface area contributed by atoms with Gasteiger partial charge in [-0.15, -0.1) is 0 Å². The molecule has 0 spiro atoms. The average Bonchev–Trinajstić information content (AvgIpc) is 2.78. The largest absolute Gasteiger partial charge is 0.393 e. The van der Waals surface area contributed by atoms with E-state index in [-0.39, 0.29) is 11.5 Å². The molecule has 16 heavy (non-hydrogen) atoms. The van der Waals surface area contributed by atoms with Gasteiger partial charge in [0, 0.05) is 0 Å². The summed E-state index contributed by atoms with van der Waals surface area (Å²) in [5, 5.41) is 10.3. The molecule has 5 atom stereocenters. The topological polar surface area (TPSA) is 20.2 Å². The quantitative estimate of drug-likeness (QED) is 0.664. The van der Waals surface area contributed by atoms with E-state index in [0.29, 0.717) is 10.8 Å². The van der Waals surface area contributed by atoms with Crippen LogP contribution in [0, 0.1) is 28.1 Å². The number of rotatable bonds is 0. The summed E-state index contributed by atoms with van der Waals surface area (Å²) >= 11 is 0. The molecule has 5 unspecified atom stereocenters. The Bertz CT molecular complexity index is 321. The lowest BCUT2D eigenvalue weighted by molar-refractivity contribution is 0.0814. The lowest BCUT2D eigenvalue weighted by Crippen LogP contribution is -2.31. The highest BCUT2D eigenvalue weighted by Gasteiger charge is 2.67. The summed E-state index contributed by atoms with van der Waals surface area (Å²) in [6.07, 6.45) is 6.29. The second kappa shape index (κ2) is 2.85. The second-order valence-corrected chi connectivity index (χ2v) is 7.99. The summed E-state index contributed by atoms with van der Waals surface area (Å²) in [7, 11) is 0. The third-order valence-corrected chi connectivity index (χ3v) is 6.43. The van der Waals surface area contributed by atoms with Gasteiger partial charge in [-0.25, -0.2) is 0 Å². The molecule has 0 aliphatic heterocycles. The molecular formula is C15H26O. The molecule has 3 aliphatic rings. The Kier molecular flexibility index (Phi) is 1.98. The fourth-order valence-electron chi connectivity index (χ4n) is 5.27. The van der Waals surface area contributed by atoms with E-state index in [1.807, 2.05) is 0 Å². The molecule has 1 nitrogen and oxygen atoms in total. The van der Waals surface area contributed by atoms with Crippen LogP contribution in [0.3, 0.4) is 0 Å². The van der Waals surface area contributed by atoms with Crippen molar-refractivity contribution < 1.29 is 5.11 Å². The van der Waals surface area contributed by atoms with Gasteiger partial charge in [0.2, 0.25) is 0 Å². The fourth-order valence-corrected chi connectivity index (χ4v) is 5.27. The Morgan fingerprint density at radius 2 is 1.69 bits per heavy atom. The normalized spacial score (nSPS) is 58.7. The van der Waals surface area contributed by atoms with E-state index in [9.17, 15) is 5.11 Å². The molecule has 1 N–H and O–H groups in total. The molecule has 3 aliphatic carbocycles. The van der Waals surface area contributed by atoms with Gasteiger partial charge in [0.05, 0.1) is 6.10 Å². The highest BCUT2D eigenvalue weighted by molar-refractivity contribution is 5.16. The van der Waals surface area contributed by atoms with Crippen molar-refractivity contribution in [1.82, 2.24) is 0 Å². The van der Waals surface area contributed by atoms with Crippen LogP contribution in [-0.4, -0.2) is 11.2 Å². The van der Waals surface area contributed by atoms with Gasteiger partial charge in [-0.2, -0.15) is 0 Å². The van der Waals surface area contributed by atoms with Crippen LogP contribution in [0.25, 0.3) is 0 Å². The van der Waals surface area contributed by atoms with E-state index in [0.717, 1.165) is 18.3 Å². The number of aliphatic hydroxyl groups is 1. The first kappa shape index (κ1) is 11.1. The summed E-state index contributed by atoms with van der Waals surface area (Å²) in [5.41, 5.74) is 1.29. The Morgan fingerprint density at radius 3 is 2.38 bits per heavy atom. The predicted molar refractivity (Wildman–Crippen MR) is 66.1 cm³/mol. The number of hydrogen-bond donors (Lipinski definition) is 1. The first-order chi connectivity index (χ1) is 7.30. The van der Waals surface area contributed by atoms with Crippen molar-refractivity contribution in [2.45, 2.75) is 65.9 Å². The maximum atomic E-state index is 10.3. The van der Waals surface area contributed by atoms with Gasteiger partial charge >= 0.3 is 0 Å². The molecule has 92 valence electrons. The van der Waals surface area contributed by atoms with Crippen molar-refractivity contribution in [2.24, 2.45) is 28.1 Å². The van der Waals surface area contributed by atoms with Crippen LogP contribution < -0.4 is 0 Å². The molecule has 1 heteroatoms. The highest BCUT2D eigenvalue weighted by atomic mass is 16.3. The lowest BCUT2D eigenvalue weighted by Gasteiger charge is -2.38. The molecule has 0 bridgehead atoms. The first-order valence-corrected chi connectivity index (χ1v) is 6.98. The standard InChI is InChI=1S/C15H26O/c1-13(2)7-8-14(3)6-5-11(16)15(4)9-10(15)12(13)14/h10-12,16H,5-9H2,1-4H3. The maximum absolute atomic E-state index is 10.3. The van der Waals surface area contributed by atoms with Crippen molar-refractivity contribution in [3.63, 3.8) is 0 Å². The Balaban J connectivity index is 1.99. The molecule has 0 amide bonds. The van der Waals surface area contributed by atoms with Crippen LogP contribution in [-0.2, 0) is 0 Å². The maximum Gasteiger partial charge on any atom is 0.0596 e. The molecule has 0 heterocycles. The van der Waals surface area contributed by atoms with Gasteiger partial charge in [-0.3, -0.25) is 0 Å². The van der Waals surface area contributed by atoms with Crippen molar-refractivity contribution in [3.8, 4) is 0 Å². The third-order valence-electron chi connectivity index (χ3n) is 6.43. The molecule has 3 rings (SSSR count). The Morgan fingerprint density at radius 1 is 1.00 bits per heavy atom. The molecule has 3 fully saturated rings. The summed E-state index contributed by atoms with van der Waals surface area (Å²) in [4.78, 5) is 0. The smallest absolute Gasteiger partial charge is 0.0596 e. The van der Waals surface area contributed by atoms with E-state index >= 15 is 0 Å². The molecular weight excluding hydrogens is 196 g/mol. The van der Waals surface area contributed by atoms with Crippen molar-refractivity contribution in [2.75, 3.05) is 0 Å². The molecule has 0 aromatic heterocycles. The highest BCUT2D eigenvalue weighted by Crippen LogP contribution is 2.73. The number of hydrogen-bond acceptors (Lipinski definition) is 1. The van der Waals surface area contributed by atoms with Gasteiger partial charge < -0.3 is 5.11 Å². The van der Waals surface area contributed by atoms with Crippen LogP contribution in [0.2, 0.25) is 0 Å². The van der Waals surface area contributed by atoms with E-state index in [1.165, 1.54) is 25.7 Å². The molecule has 3 saturated carbocycles. The van der Waals surface area contributed by atoms with Crippen LogP contribution in [0.4, 0.5) is 0 Å². The number of fused-ring (bicyclic) bond motifs is 3. The molecule has 0 radical (unpaired) electrons. The van der Waals surface area contributed by atoms with Gasteiger partial charge in [-0.05, 0) is 60.2 Å². The minimum atomic E-state index is -0.0317. The first-order valence-electron chi connectivity index (χ1n) is 6.98. The van der Waals surface area contributed by atoms with Gasteiger partial charge in [-0.1, -0.05) is 27.7 Å². The fraction of sp³-hybridized carbons (Fsp3) is 1.00. The van der Waals surface area contributed by atoms with Gasteiger partial charge in [0.15, 0.2) is 0 Å². The van der Waals surface area contributed by atoms with Crippen molar-refractivity contribution >= 4 is 0 Å². The molecule has 0 aromatic carbocycles. The zero-order chi connectivity index (χ0) is 11.8. The summed E-state index contributed by atoms with van der Waals surface area (Å²) in [5.74, 6) is 1.65. The van der Waals surface area contributed by atoms with Crippen LogP contribution in [0.5, 0.6) is 0 Å². The zero-order valence-corrected chi connectivity index (χ0v) is 11.2. The van der Waals surface area contributed by atoms with Crippen molar-refractivity contribution in [1.29, 1.82) is 0 Å². The Hall–Kier alpha value is -0.0400.